The summed E-state index contributed by atoms with van der Waals surface area (Å²) in [5, 5.41) is 1.38. The van der Waals surface area contributed by atoms with E-state index in [-0.39, 0.29) is 24.1 Å². The van der Waals surface area contributed by atoms with E-state index in [1.54, 1.807) is 0 Å². The summed E-state index contributed by atoms with van der Waals surface area (Å²) in [6, 6.07) is -0.117. The van der Waals surface area contributed by atoms with Gasteiger partial charge in [0, 0.05) is 11.4 Å². The van der Waals surface area contributed by atoms with Gasteiger partial charge in [0.2, 0.25) is 0 Å². The Morgan fingerprint density at radius 3 is 2.67 bits per heavy atom. The Hall–Kier alpha value is -0.670. The van der Waals surface area contributed by atoms with Crippen LogP contribution in [0.2, 0.25) is 0 Å². The molecule has 9 heteroatoms. The van der Waals surface area contributed by atoms with Crippen LogP contribution in [-0.4, -0.2) is 42.4 Å². The molecule has 0 unspecified atom stereocenters. The van der Waals surface area contributed by atoms with Crippen LogP contribution in [0.3, 0.4) is 0 Å². The Morgan fingerprint density at radius 1 is 1.48 bits per heavy atom. The number of sulfone groups is 1. The minimum atomic E-state index is -4.43. The zero-order valence-corrected chi connectivity index (χ0v) is 13.2. The molecule has 0 amide bonds. The second kappa shape index (κ2) is 6.21. The van der Waals surface area contributed by atoms with E-state index in [0.29, 0.717) is 18.0 Å². The molecular weight excluding hydrogens is 325 g/mol. The molecule has 21 heavy (non-hydrogen) atoms. The Kier molecular flexibility index (Phi) is 4.94. The van der Waals surface area contributed by atoms with Crippen LogP contribution in [0.4, 0.5) is 13.2 Å². The van der Waals surface area contributed by atoms with Gasteiger partial charge in [-0.15, -0.1) is 11.3 Å². The standard InChI is InChI=1S/C12H17F3N2O2S2/c1-2-4-17(9-3-5-21(18,19)8-9)6-11-16-10(7-20-11)12(13,14)15/h7,9H,2-6,8H2,1H3/t9-/m1/s1. The summed E-state index contributed by atoms with van der Waals surface area (Å²) in [6.07, 6.45) is -3.07. The maximum Gasteiger partial charge on any atom is 0.434 e. The zero-order chi connectivity index (χ0) is 15.7. The van der Waals surface area contributed by atoms with Gasteiger partial charge in [0.05, 0.1) is 18.1 Å². The summed E-state index contributed by atoms with van der Waals surface area (Å²) in [5.41, 5.74) is -0.877. The summed E-state index contributed by atoms with van der Waals surface area (Å²) in [5.74, 6) is 0.244. The van der Waals surface area contributed by atoms with Crippen LogP contribution in [0.25, 0.3) is 0 Å². The van der Waals surface area contributed by atoms with E-state index in [2.05, 4.69) is 4.98 Å². The van der Waals surface area contributed by atoms with Crippen molar-refractivity contribution in [2.75, 3.05) is 18.1 Å². The van der Waals surface area contributed by atoms with Crippen LogP contribution in [0.1, 0.15) is 30.5 Å². The maximum atomic E-state index is 12.5. The predicted molar refractivity (Wildman–Crippen MR) is 74.9 cm³/mol. The maximum absolute atomic E-state index is 12.5. The number of rotatable bonds is 5. The molecule has 0 aromatic carbocycles. The van der Waals surface area contributed by atoms with E-state index in [4.69, 9.17) is 0 Å². The zero-order valence-electron chi connectivity index (χ0n) is 11.6. The molecule has 0 spiro atoms. The van der Waals surface area contributed by atoms with Crippen molar-refractivity contribution < 1.29 is 21.6 Å². The average molecular weight is 342 g/mol. The minimum Gasteiger partial charge on any atom is -0.293 e. The van der Waals surface area contributed by atoms with Gasteiger partial charge >= 0.3 is 6.18 Å². The highest BCUT2D eigenvalue weighted by Gasteiger charge is 2.35. The summed E-state index contributed by atoms with van der Waals surface area (Å²) in [4.78, 5) is 5.55. The fraction of sp³-hybridized carbons (Fsp3) is 0.750. The van der Waals surface area contributed by atoms with Gasteiger partial charge in [0.25, 0.3) is 0 Å². The van der Waals surface area contributed by atoms with E-state index in [1.165, 1.54) is 0 Å². The van der Waals surface area contributed by atoms with Crippen LogP contribution in [0.5, 0.6) is 0 Å². The minimum absolute atomic E-state index is 0.0878. The largest absolute Gasteiger partial charge is 0.434 e. The van der Waals surface area contributed by atoms with Gasteiger partial charge in [0.1, 0.15) is 5.01 Å². The fourth-order valence-electron chi connectivity index (χ4n) is 2.43. The highest BCUT2D eigenvalue weighted by Crippen LogP contribution is 2.31. The van der Waals surface area contributed by atoms with Crippen LogP contribution >= 0.6 is 11.3 Å². The average Bonchev–Trinajstić information content (AvgIpc) is 2.94. The van der Waals surface area contributed by atoms with Crippen molar-refractivity contribution >= 4 is 21.2 Å². The molecule has 0 aliphatic carbocycles. The molecule has 2 rings (SSSR count). The molecule has 0 N–H and O–H groups in total. The van der Waals surface area contributed by atoms with Crippen LogP contribution in [0, 0.1) is 0 Å². The number of halogens is 3. The molecule has 1 aromatic heterocycles. The first-order valence-electron chi connectivity index (χ1n) is 6.67. The molecule has 1 fully saturated rings. The Balaban J connectivity index is 2.08. The first-order valence-corrected chi connectivity index (χ1v) is 9.37. The second-order valence-corrected chi connectivity index (χ2v) is 8.32. The lowest BCUT2D eigenvalue weighted by atomic mass is 10.2. The first-order chi connectivity index (χ1) is 9.71. The molecule has 0 saturated carbocycles. The van der Waals surface area contributed by atoms with E-state index in [1.807, 2.05) is 11.8 Å². The van der Waals surface area contributed by atoms with Crippen molar-refractivity contribution in [3.8, 4) is 0 Å². The van der Waals surface area contributed by atoms with Crippen molar-refractivity contribution in [1.29, 1.82) is 0 Å². The Labute approximate surface area is 125 Å². The lowest BCUT2D eigenvalue weighted by Crippen LogP contribution is -2.36. The monoisotopic (exact) mass is 342 g/mol. The highest BCUT2D eigenvalue weighted by molar-refractivity contribution is 7.91. The molecule has 1 atom stereocenters. The van der Waals surface area contributed by atoms with Gasteiger partial charge in [-0.25, -0.2) is 13.4 Å². The lowest BCUT2D eigenvalue weighted by Gasteiger charge is -2.26. The molecule has 0 radical (unpaired) electrons. The van der Waals surface area contributed by atoms with Crippen molar-refractivity contribution in [2.45, 2.75) is 38.5 Å². The van der Waals surface area contributed by atoms with Crippen molar-refractivity contribution in [2.24, 2.45) is 0 Å². The molecule has 4 nitrogen and oxygen atoms in total. The molecule has 120 valence electrons. The van der Waals surface area contributed by atoms with E-state index >= 15 is 0 Å². The quantitative estimate of drug-likeness (QED) is 0.825. The summed E-state index contributed by atoms with van der Waals surface area (Å²) < 4.78 is 60.7. The molecular formula is C12H17F3N2O2S2. The molecule has 1 saturated heterocycles. The SMILES string of the molecule is CCCN(Cc1nc(C(F)(F)F)cs1)[C@@H]1CCS(=O)(=O)C1. The van der Waals surface area contributed by atoms with Gasteiger partial charge in [0.15, 0.2) is 15.5 Å². The van der Waals surface area contributed by atoms with Crippen LogP contribution in [-0.2, 0) is 22.6 Å². The number of nitrogens with zero attached hydrogens (tertiary/aromatic N) is 2. The molecule has 1 aliphatic rings. The topological polar surface area (TPSA) is 50.3 Å². The summed E-state index contributed by atoms with van der Waals surface area (Å²) >= 11 is 0.967. The third-order valence-electron chi connectivity index (χ3n) is 3.42. The Bertz CT molecular complexity index is 584. The third kappa shape index (κ3) is 4.40. The normalized spacial score (nSPS) is 22.0. The number of thiazole rings is 1. The first kappa shape index (κ1) is 16.7. The van der Waals surface area contributed by atoms with E-state index in [9.17, 15) is 21.6 Å². The number of aromatic nitrogens is 1. The highest BCUT2D eigenvalue weighted by atomic mass is 32.2. The number of hydrogen-bond acceptors (Lipinski definition) is 5. The molecule has 0 bridgehead atoms. The molecule has 1 aromatic rings. The lowest BCUT2D eigenvalue weighted by molar-refractivity contribution is -0.140. The van der Waals surface area contributed by atoms with Gasteiger partial charge in [-0.3, -0.25) is 4.90 Å². The van der Waals surface area contributed by atoms with Crippen LogP contribution in [0.15, 0.2) is 5.38 Å². The third-order valence-corrected chi connectivity index (χ3v) is 6.00. The fourth-order valence-corrected chi connectivity index (χ4v) is 5.02. The Morgan fingerprint density at radius 2 is 2.19 bits per heavy atom. The van der Waals surface area contributed by atoms with Gasteiger partial charge < -0.3 is 0 Å². The van der Waals surface area contributed by atoms with Crippen LogP contribution < -0.4 is 0 Å². The predicted octanol–water partition coefficient (Wildman–Crippen LogP) is 2.56. The van der Waals surface area contributed by atoms with E-state index < -0.39 is 21.7 Å². The van der Waals surface area contributed by atoms with Gasteiger partial charge in [-0.05, 0) is 19.4 Å². The van der Waals surface area contributed by atoms with Gasteiger partial charge in [-0.2, -0.15) is 13.2 Å². The molecule has 2 heterocycles. The number of alkyl halides is 3. The van der Waals surface area contributed by atoms with Gasteiger partial charge in [-0.1, -0.05) is 6.92 Å². The summed E-state index contributed by atoms with van der Waals surface area (Å²) in [6.45, 7) is 2.88. The van der Waals surface area contributed by atoms with Crippen molar-refractivity contribution in [3.05, 3.63) is 16.1 Å². The number of hydrogen-bond donors (Lipinski definition) is 0. The smallest absolute Gasteiger partial charge is 0.293 e. The van der Waals surface area contributed by atoms with Crippen molar-refractivity contribution in [3.63, 3.8) is 0 Å². The second-order valence-electron chi connectivity index (χ2n) is 5.15. The molecule has 1 aliphatic heterocycles. The van der Waals surface area contributed by atoms with Crippen molar-refractivity contribution in [1.82, 2.24) is 9.88 Å². The van der Waals surface area contributed by atoms with E-state index in [0.717, 1.165) is 23.1 Å². The summed E-state index contributed by atoms with van der Waals surface area (Å²) in [7, 11) is -3.01.